The maximum Gasteiger partial charge on any atom is 0.0715 e. The van der Waals surface area contributed by atoms with Crippen molar-refractivity contribution in [2.75, 3.05) is 0 Å². The fraction of sp³-hybridized carbons (Fsp3) is 0. The van der Waals surface area contributed by atoms with E-state index in [1.807, 2.05) is 0 Å². The van der Waals surface area contributed by atoms with Crippen molar-refractivity contribution in [1.29, 1.82) is 0 Å². The minimum absolute atomic E-state index is 0. The zero-order valence-corrected chi connectivity index (χ0v) is 9.03. The topological polar surface area (TPSA) is 126 Å². The van der Waals surface area contributed by atoms with Crippen molar-refractivity contribution in [3.63, 3.8) is 0 Å². The Kier molecular flexibility index (Phi) is 10.9. The summed E-state index contributed by atoms with van der Waals surface area (Å²) in [6.07, 6.45) is 0. The molecular weight excluding hydrogens is 286 g/mol. The smallest absolute Gasteiger partial charge is 0.0715 e. The monoisotopic (exact) mass is 295 g/mol. The minimum atomic E-state index is -1.26. The van der Waals surface area contributed by atoms with Crippen LogP contribution in [0.2, 0.25) is 0 Å². The Morgan fingerprint density at radius 1 is 1.15 bits per heavy atom. The predicted molar refractivity (Wildman–Crippen MR) is 45.3 cm³/mol. The summed E-state index contributed by atoms with van der Waals surface area (Å²) < 4.78 is 0. The van der Waals surface area contributed by atoms with Crippen LogP contribution in [0.4, 0.5) is 0 Å². The fourth-order valence-electron chi connectivity index (χ4n) is 0.591. The summed E-state index contributed by atoms with van der Waals surface area (Å²) in [4.78, 5) is 10.1. The fourth-order valence-corrected chi connectivity index (χ4v) is 0.591. The molecule has 0 bridgehead atoms. The Bertz CT molecular complexity index is 251. The molecule has 75 valence electrons. The number of hydrogen-bond donors (Lipinski definition) is 0. The van der Waals surface area contributed by atoms with Gasteiger partial charge in [-0.3, -0.25) is 0 Å². The molecule has 0 saturated carbocycles. The number of rotatable bonds is 1. The Morgan fingerprint density at radius 2 is 1.54 bits per heavy atom. The third-order valence-corrected chi connectivity index (χ3v) is 1.09. The number of carboxylic acid groups (broad SMARTS) is 1. The van der Waals surface area contributed by atoms with Crippen LogP contribution in [0.1, 0.15) is 11.8 Å². The van der Waals surface area contributed by atoms with Crippen molar-refractivity contribution in [2.24, 2.45) is 0 Å². The first-order chi connectivity index (χ1) is 4.70. The van der Waals surface area contributed by atoms with Crippen LogP contribution in [0.25, 0.3) is 0 Å². The van der Waals surface area contributed by atoms with Gasteiger partial charge in [0.1, 0.15) is 0 Å². The summed E-state index contributed by atoms with van der Waals surface area (Å²) in [5.74, 6) is -1.47. The molecule has 3 radical (unpaired) electrons. The van der Waals surface area contributed by atoms with Gasteiger partial charge in [0.15, 0.2) is 0 Å². The molecule has 0 aliphatic heterocycles. The van der Waals surface area contributed by atoms with E-state index >= 15 is 0 Å². The van der Waals surface area contributed by atoms with Crippen LogP contribution in [-0.2, 0) is 0 Å². The number of benzene rings is 1. The van der Waals surface area contributed by atoms with Gasteiger partial charge >= 0.3 is 0 Å². The van der Waals surface area contributed by atoms with Crippen molar-refractivity contribution in [3.05, 3.63) is 29.8 Å². The van der Waals surface area contributed by atoms with Crippen molar-refractivity contribution >= 4 is 30.4 Å². The van der Waals surface area contributed by atoms with E-state index in [0.29, 0.717) is 0 Å². The first kappa shape index (κ1) is 18.1. The van der Waals surface area contributed by atoms with E-state index in [2.05, 4.69) is 0 Å². The Labute approximate surface area is 93.6 Å². The molecule has 0 aliphatic rings. The summed E-state index contributed by atoms with van der Waals surface area (Å²) >= 11 is 0. The second-order valence-electron chi connectivity index (χ2n) is 1.81. The molecule has 0 atom stereocenters. The standard InChI is InChI=1S/C7H6O3.2H2O.Sb.H2/c8-6-3-1-5(2-4-6)7(9)10;;;;/h1-4,8H,(H,9,10);2*1H2;;1H/p-2. The Balaban J connectivity index is -0.000000125. The van der Waals surface area contributed by atoms with Crippen LogP contribution >= 0.6 is 0 Å². The van der Waals surface area contributed by atoms with Gasteiger partial charge in [0.2, 0.25) is 0 Å². The molecule has 1 aromatic rings. The first-order valence-corrected chi connectivity index (χ1v) is 2.68. The summed E-state index contributed by atoms with van der Waals surface area (Å²) in [6, 6.07) is 4.81. The van der Waals surface area contributed by atoms with Crippen LogP contribution in [-0.4, -0.2) is 41.3 Å². The predicted octanol–water partition coefficient (Wildman–Crippen LogP) is -2.66. The van der Waals surface area contributed by atoms with Gasteiger partial charge in [-0.15, -0.1) is 5.75 Å². The van der Waals surface area contributed by atoms with Gasteiger partial charge in [-0.2, -0.15) is 0 Å². The Morgan fingerprint density at radius 3 is 1.85 bits per heavy atom. The van der Waals surface area contributed by atoms with Gasteiger partial charge in [0.05, 0.1) is 5.97 Å². The maximum atomic E-state index is 10.4. The largest absolute Gasteiger partial charge is 0.872 e. The molecule has 6 heteroatoms. The molecule has 1 rings (SSSR count). The van der Waals surface area contributed by atoms with E-state index in [9.17, 15) is 15.0 Å². The average Bonchev–Trinajstić information content (AvgIpc) is 1.88. The quantitative estimate of drug-likeness (QED) is 0.525. The summed E-state index contributed by atoms with van der Waals surface area (Å²) in [7, 11) is 0. The van der Waals surface area contributed by atoms with Crippen molar-refractivity contribution in [3.8, 4) is 5.75 Å². The van der Waals surface area contributed by atoms with E-state index in [0.717, 1.165) is 0 Å². The normalized spacial score (nSPS) is 7.08. The maximum absolute atomic E-state index is 10.4. The van der Waals surface area contributed by atoms with Crippen LogP contribution in [0, 0.1) is 0 Å². The number of carboxylic acids is 1. The molecule has 0 aromatic heterocycles. The third-order valence-electron chi connectivity index (χ3n) is 1.09. The number of carbonyl (C=O) groups is 1. The van der Waals surface area contributed by atoms with E-state index < -0.39 is 5.97 Å². The molecule has 5 nitrogen and oxygen atoms in total. The van der Waals surface area contributed by atoms with Crippen LogP contribution < -0.4 is 10.2 Å². The number of carbonyl (C=O) groups excluding carboxylic acids is 1. The second-order valence-corrected chi connectivity index (χ2v) is 1.81. The van der Waals surface area contributed by atoms with E-state index in [4.69, 9.17) is 0 Å². The molecule has 0 fully saturated rings. The molecule has 13 heavy (non-hydrogen) atoms. The molecule has 0 spiro atoms. The van der Waals surface area contributed by atoms with Gasteiger partial charge in [-0.05, 0) is 5.56 Å². The van der Waals surface area contributed by atoms with Crippen molar-refractivity contribution < 1.29 is 27.4 Å². The van der Waals surface area contributed by atoms with Crippen molar-refractivity contribution in [2.45, 2.75) is 0 Å². The molecule has 0 heterocycles. The zero-order valence-electron chi connectivity index (χ0n) is 6.48. The molecule has 0 amide bonds. The third kappa shape index (κ3) is 5.46. The summed E-state index contributed by atoms with van der Waals surface area (Å²) in [5, 5.41) is 20.5. The summed E-state index contributed by atoms with van der Waals surface area (Å²) in [6.45, 7) is 0. The van der Waals surface area contributed by atoms with Gasteiger partial charge in [0, 0.05) is 25.9 Å². The minimum Gasteiger partial charge on any atom is -0.872 e. The van der Waals surface area contributed by atoms with Gasteiger partial charge in [-0.25, -0.2) is 0 Å². The first-order valence-electron chi connectivity index (χ1n) is 2.68. The second kappa shape index (κ2) is 7.86. The van der Waals surface area contributed by atoms with Gasteiger partial charge in [0.25, 0.3) is 0 Å². The molecule has 0 unspecified atom stereocenters. The zero-order chi connectivity index (χ0) is 7.56. The van der Waals surface area contributed by atoms with Crippen LogP contribution in [0.5, 0.6) is 5.75 Å². The van der Waals surface area contributed by atoms with E-state index in [1.165, 1.54) is 24.3 Å². The molecule has 0 saturated heterocycles. The van der Waals surface area contributed by atoms with Crippen LogP contribution in [0.3, 0.4) is 0 Å². The van der Waals surface area contributed by atoms with Crippen LogP contribution in [0.15, 0.2) is 24.3 Å². The number of hydrogen-bond acceptors (Lipinski definition) is 3. The molecule has 0 aliphatic carbocycles. The van der Waals surface area contributed by atoms with Crippen molar-refractivity contribution in [1.82, 2.24) is 0 Å². The van der Waals surface area contributed by atoms with Gasteiger partial charge < -0.3 is 26.0 Å². The average molecular weight is 296 g/mol. The molecule has 1 aromatic carbocycles. The van der Waals surface area contributed by atoms with E-state index in [-0.39, 0.29) is 48.1 Å². The molecular formula is C7H10O5Sb-2. The number of aromatic carboxylic acids is 1. The Hall–Kier alpha value is -0.772. The van der Waals surface area contributed by atoms with Gasteiger partial charge in [-0.1, -0.05) is 24.3 Å². The van der Waals surface area contributed by atoms with E-state index in [1.54, 1.807) is 0 Å². The SMILES string of the molecule is O.O.O=C([O-])c1ccc([O-])cc1.[HH].[Sb]. The molecule has 4 N–H and O–H groups in total. The summed E-state index contributed by atoms with van der Waals surface area (Å²) in [5.41, 5.74) is 0.0274.